The van der Waals surface area contributed by atoms with Crippen LogP contribution in [0.3, 0.4) is 0 Å². The second-order valence-corrected chi connectivity index (χ2v) is 7.65. The van der Waals surface area contributed by atoms with Gasteiger partial charge in [0, 0.05) is 51.5 Å². The number of carbonyl (C=O) groups excluding carboxylic acids is 2. The number of piperazine rings is 1. The lowest BCUT2D eigenvalue weighted by Crippen LogP contribution is -2.55. The first-order chi connectivity index (χ1) is 15.2. The van der Waals surface area contributed by atoms with Crippen molar-refractivity contribution in [3.63, 3.8) is 0 Å². The lowest BCUT2D eigenvalue weighted by molar-refractivity contribution is -0.135. The van der Waals surface area contributed by atoms with Crippen molar-refractivity contribution >= 4 is 11.8 Å². The fourth-order valence-corrected chi connectivity index (χ4v) is 3.78. The van der Waals surface area contributed by atoms with Crippen LogP contribution < -0.4 is 5.32 Å². The van der Waals surface area contributed by atoms with E-state index in [-0.39, 0.29) is 17.6 Å². The molecule has 0 spiro atoms. The first-order valence-corrected chi connectivity index (χ1v) is 10.5. The van der Waals surface area contributed by atoms with Gasteiger partial charge in [-0.15, -0.1) is 0 Å². The first kappa shape index (κ1) is 20.8. The van der Waals surface area contributed by atoms with Crippen molar-refractivity contribution in [1.82, 2.24) is 20.1 Å². The molecule has 7 heteroatoms. The molecule has 1 saturated heterocycles. The van der Waals surface area contributed by atoms with Gasteiger partial charge in [-0.25, -0.2) is 0 Å². The molecule has 160 valence electrons. The Kier molecular flexibility index (Phi) is 6.74. The number of furan rings is 1. The summed E-state index contributed by atoms with van der Waals surface area (Å²) in [5.74, 6) is -0.240. The minimum absolute atomic E-state index is 0.0627. The molecule has 1 atom stereocenters. The van der Waals surface area contributed by atoms with Crippen LogP contribution >= 0.6 is 0 Å². The summed E-state index contributed by atoms with van der Waals surface area (Å²) in [6.07, 6.45) is 5.48. The highest BCUT2D eigenvalue weighted by Gasteiger charge is 2.29. The van der Waals surface area contributed by atoms with Crippen LogP contribution in [0.15, 0.2) is 77.7 Å². The smallest absolute Gasteiger partial charge is 0.287 e. The molecule has 1 aliphatic heterocycles. The molecule has 1 N–H and O–H groups in total. The first-order valence-electron chi connectivity index (χ1n) is 10.5. The number of amides is 2. The largest absolute Gasteiger partial charge is 0.459 e. The molecule has 31 heavy (non-hydrogen) atoms. The summed E-state index contributed by atoms with van der Waals surface area (Å²) >= 11 is 0. The standard InChI is InChI=1S/C24H26N4O3/c29-23(22-7-4-16-31-22)26-21(17-19-5-2-1-3-6-19)24(30)28-14-12-27(13-15-28)18-20-8-10-25-11-9-20/h1-11,16,21H,12-15,17-18H2,(H,26,29)/t21-/m0/s1. The van der Waals surface area contributed by atoms with Gasteiger partial charge in [0.15, 0.2) is 5.76 Å². The van der Waals surface area contributed by atoms with E-state index in [1.165, 1.54) is 11.8 Å². The summed E-state index contributed by atoms with van der Waals surface area (Å²) in [5, 5.41) is 2.87. The Morgan fingerprint density at radius 3 is 2.35 bits per heavy atom. The topological polar surface area (TPSA) is 78.7 Å². The molecule has 0 unspecified atom stereocenters. The van der Waals surface area contributed by atoms with Crippen LogP contribution in [-0.2, 0) is 17.8 Å². The quantitative estimate of drug-likeness (QED) is 0.637. The second kappa shape index (κ2) is 10.0. The van der Waals surface area contributed by atoms with E-state index in [0.29, 0.717) is 19.5 Å². The molecular formula is C24H26N4O3. The van der Waals surface area contributed by atoms with E-state index >= 15 is 0 Å². The van der Waals surface area contributed by atoms with E-state index in [1.807, 2.05) is 47.4 Å². The second-order valence-electron chi connectivity index (χ2n) is 7.65. The number of benzene rings is 1. The Balaban J connectivity index is 1.40. The number of hydrogen-bond acceptors (Lipinski definition) is 5. The Bertz CT molecular complexity index is 969. The van der Waals surface area contributed by atoms with E-state index in [4.69, 9.17) is 4.42 Å². The fourth-order valence-electron chi connectivity index (χ4n) is 3.78. The van der Waals surface area contributed by atoms with Gasteiger partial charge >= 0.3 is 0 Å². The molecule has 1 fully saturated rings. The van der Waals surface area contributed by atoms with Gasteiger partial charge in [0.2, 0.25) is 5.91 Å². The molecule has 0 saturated carbocycles. The summed E-state index contributed by atoms with van der Waals surface area (Å²) < 4.78 is 5.19. The molecule has 1 aromatic carbocycles. The van der Waals surface area contributed by atoms with Gasteiger partial charge in [-0.1, -0.05) is 30.3 Å². The van der Waals surface area contributed by atoms with Gasteiger partial charge in [0.05, 0.1) is 6.26 Å². The predicted molar refractivity (Wildman–Crippen MR) is 116 cm³/mol. The Morgan fingerprint density at radius 1 is 0.935 bits per heavy atom. The minimum atomic E-state index is -0.647. The number of rotatable bonds is 7. The van der Waals surface area contributed by atoms with Crippen LogP contribution in [-0.4, -0.2) is 58.8 Å². The maximum atomic E-state index is 13.3. The summed E-state index contributed by atoms with van der Waals surface area (Å²) in [4.78, 5) is 34.1. The third kappa shape index (κ3) is 5.58. The van der Waals surface area contributed by atoms with Crippen LogP contribution in [0.25, 0.3) is 0 Å². The SMILES string of the molecule is O=C(N[C@@H](Cc1ccccc1)C(=O)N1CCN(Cc2ccncc2)CC1)c1ccco1. The monoisotopic (exact) mass is 418 g/mol. The zero-order valence-electron chi connectivity index (χ0n) is 17.3. The molecule has 0 radical (unpaired) electrons. The zero-order valence-corrected chi connectivity index (χ0v) is 17.3. The van der Waals surface area contributed by atoms with Gasteiger partial charge in [0.1, 0.15) is 6.04 Å². The van der Waals surface area contributed by atoms with E-state index in [1.54, 1.807) is 24.5 Å². The lowest BCUT2D eigenvalue weighted by Gasteiger charge is -2.36. The van der Waals surface area contributed by atoms with Gasteiger partial charge in [-0.2, -0.15) is 0 Å². The number of pyridine rings is 1. The van der Waals surface area contributed by atoms with Crippen molar-refractivity contribution in [2.24, 2.45) is 0 Å². The molecule has 2 aromatic heterocycles. The number of aromatic nitrogens is 1. The van der Waals surface area contributed by atoms with Crippen molar-refractivity contribution in [2.45, 2.75) is 19.0 Å². The van der Waals surface area contributed by atoms with Gasteiger partial charge in [0.25, 0.3) is 5.91 Å². The van der Waals surface area contributed by atoms with Crippen LogP contribution in [0.1, 0.15) is 21.7 Å². The lowest BCUT2D eigenvalue weighted by atomic mass is 10.0. The zero-order chi connectivity index (χ0) is 21.5. The average molecular weight is 418 g/mol. The molecule has 3 aromatic rings. The molecule has 3 heterocycles. The molecule has 1 aliphatic rings. The van der Waals surface area contributed by atoms with Crippen molar-refractivity contribution < 1.29 is 14.0 Å². The van der Waals surface area contributed by atoms with Crippen LogP contribution in [0.5, 0.6) is 0 Å². The summed E-state index contributed by atoms with van der Waals surface area (Å²) in [6.45, 7) is 3.68. The Labute approximate surface area is 181 Å². The molecular weight excluding hydrogens is 392 g/mol. The predicted octanol–water partition coefficient (Wildman–Crippen LogP) is 2.36. The Hall–Kier alpha value is -3.45. The maximum absolute atomic E-state index is 13.3. The fraction of sp³-hybridized carbons (Fsp3) is 0.292. The minimum Gasteiger partial charge on any atom is -0.459 e. The molecule has 7 nitrogen and oxygen atoms in total. The Morgan fingerprint density at radius 2 is 1.68 bits per heavy atom. The number of hydrogen-bond donors (Lipinski definition) is 1. The van der Waals surface area contributed by atoms with Gasteiger partial charge < -0.3 is 14.6 Å². The van der Waals surface area contributed by atoms with E-state index in [2.05, 4.69) is 15.2 Å². The summed E-state index contributed by atoms with van der Waals surface area (Å²) in [6, 6.07) is 16.4. The van der Waals surface area contributed by atoms with Crippen molar-refractivity contribution in [1.29, 1.82) is 0 Å². The van der Waals surface area contributed by atoms with Gasteiger partial charge in [-0.05, 0) is 35.4 Å². The van der Waals surface area contributed by atoms with Crippen LogP contribution in [0.4, 0.5) is 0 Å². The van der Waals surface area contributed by atoms with Crippen LogP contribution in [0.2, 0.25) is 0 Å². The van der Waals surface area contributed by atoms with Crippen molar-refractivity contribution in [3.05, 3.63) is 90.1 Å². The molecule has 0 aliphatic carbocycles. The van der Waals surface area contributed by atoms with E-state index in [9.17, 15) is 9.59 Å². The van der Waals surface area contributed by atoms with Crippen molar-refractivity contribution in [2.75, 3.05) is 26.2 Å². The highest BCUT2D eigenvalue weighted by atomic mass is 16.3. The molecule has 2 amide bonds. The maximum Gasteiger partial charge on any atom is 0.287 e. The van der Waals surface area contributed by atoms with E-state index < -0.39 is 6.04 Å². The normalized spacial score (nSPS) is 15.4. The number of carbonyl (C=O) groups is 2. The molecule has 4 rings (SSSR count). The van der Waals surface area contributed by atoms with Crippen LogP contribution in [0, 0.1) is 0 Å². The molecule has 0 bridgehead atoms. The highest BCUT2D eigenvalue weighted by molar-refractivity contribution is 5.95. The van der Waals surface area contributed by atoms with Gasteiger partial charge in [-0.3, -0.25) is 19.5 Å². The highest BCUT2D eigenvalue weighted by Crippen LogP contribution is 2.12. The third-order valence-electron chi connectivity index (χ3n) is 5.47. The average Bonchev–Trinajstić information content (AvgIpc) is 3.35. The van der Waals surface area contributed by atoms with Crippen molar-refractivity contribution in [3.8, 4) is 0 Å². The summed E-state index contributed by atoms with van der Waals surface area (Å²) in [7, 11) is 0. The number of nitrogens with zero attached hydrogens (tertiary/aromatic N) is 3. The third-order valence-corrected chi connectivity index (χ3v) is 5.47. The summed E-state index contributed by atoms with van der Waals surface area (Å²) in [5.41, 5.74) is 2.21. The number of nitrogens with one attached hydrogen (secondary N) is 1. The van der Waals surface area contributed by atoms with E-state index in [0.717, 1.165) is 25.2 Å².